The van der Waals surface area contributed by atoms with Crippen molar-refractivity contribution in [3.05, 3.63) is 48.5 Å². The fraction of sp³-hybridized carbons (Fsp3) is 0. The van der Waals surface area contributed by atoms with Crippen molar-refractivity contribution in [2.45, 2.75) is 0 Å². The number of hydrogen-bond acceptors (Lipinski definition) is 4. The maximum absolute atomic E-state index is 2.26. The van der Waals surface area contributed by atoms with Gasteiger partial charge in [-0.3, -0.25) is 0 Å². The van der Waals surface area contributed by atoms with Gasteiger partial charge in [-0.15, -0.1) is 0 Å². The van der Waals surface area contributed by atoms with Gasteiger partial charge >= 0.3 is 0 Å². The summed E-state index contributed by atoms with van der Waals surface area (Å²) in [5.74, 6) is 0. The lowest BCUT2D eigenvalue weighted by Crippen LogP contribution is -1.77. The van der Waals surface area contributed by atoms with Gasteiger partial charge in [0.25, 0.3) is 0 Å². The van der Waals surface area contributed by atoms with E-state index in [0.717, 1.165) is 0 Å². The van der Waals surface area contributed by atoms with Gasteiger partial charge in [0.2, 0.25) is 0 Å². The molecule has 0 aliphatic carbocycles. The van der Waals surface area contributed by atoms with Crippen molar-refractivity contribution in [3.8, 4) is 0 Å². The van der Waals surface area contributed by atoms with Crippen LogP contribution in [0.25, 0.3) is 30.9 Å². The molecule has 18 heavy (non-hydrogen) atoms. The van der Waals surface area contributed by atoms with Crippen molar-refractivity contribution < 1.29 is 0 Å². The van der Waals surface area contributed by atoms with Crippen LogP contribution in [0.5, 0.6) is 0 Å². The van der Waals surface area contributed by atoms with E-state index in [4.69, 9.17) is 0 Å². The van der Waals surface area contributed by atoms with Crippen molar-refractivity contribution in [3.63, 3.8) is 0 Å². The third-order valence-electron chi connectivity index (χ3n) is 3.11. The van der Waals surface area contributed by atoms with Crippen LogP contribution >= 0.6 is 39.4 Å². The van der Waals surface area contributed by atoms with E-state index in [2.05, 4.69) is 48.5 Å². The molecule has 0 saturated carbocycles. The SMILES string of the molecule is c1ccc2c(c1)ccc1c2ccc2ssssc21. The second kappa shape index (κ2) is 4.31. The molecule has 0 nitrogen and oxygen atoms in total. The molecule has 0 spiro atoms. The lowest BCUT2D eigenvalue weighted by molar-refractivity contribution is 1.80. The van der Waals surface area contributed by atoms with Gasteiger partial charge in [-0.2, -0.15) is 0 Å². The predicted molar refractivity (Wildman–Crippen MR) is 88.1 cm³/mol. The van der Waals surface area contributed by atoms with E-state index in [-0.39, 0.29) is 0 Å². The molecule has 1 aromatic heterocycles. The smallest absolute Gasteiger partial charge is 0.0644 e. The summed E-state index contributed by atoms with van der Waals surface area (Å²) < 4.78 is 2.82. The van der Waals surface area contributed by atoms with Crippen molar-refractivity contribution in [2.75, 3.05) is 0 Å². The Kier molecular flexibility index (Phi) is 2.62. The summed E-state index contributed by atoms with van der Waals surface area (Å²) in [6, 6.07) is 17.6. The van der Waals surface area contributed by atoms with Crippen LogP contribution in [0.3, 0.4) is 0 Å². The normalized spacial score (nSPS) is 11.3. The molecule has 1 heterocycles. The lowest BCUT2D eigenvalue weighted by Gasteiger charge is -2.05. The van der Waals surface area contributed by atoms with Gasteiger partial charge in [-0.05, 0) is 40.9 Å². The van der Waals surface area contributed by atoms with Gasteiger partial charge in [-0.1, -0.05) is 63.1 Å². The van der Waals surface area contributed by atoms with Crippen LogP contribution in [0.1, 0.15) is 0 Å². The van der Waals surface area contributed by atoms with Crippen molar-refractivity contribution >= 4 is 70.3 Å². The maximum Gasteiger partial charge on any atom is 0.0644 e. The van der Waals surface area contributed by atoms with E-state index in [9.17, 15) is 0 Å². The van der Waals surface area contributed by atoms with Crippen molar-refractivity contribution in [2.24, 2.45) is 0 Å². The van der Waals surface area contributed by atoms with Crippen LogP contribution in [-0.4, -0.2) is 0 Å². The zero-order valence-corrected chi connectivity index (χ0v) is 12.5. The van der Waals surface area contributed by atoms with E-state index in [0.29, 0.717) is 0 Å². The highest BCUT2D eigenvalue weighted by molar-refractivity contribution is 8.09. The highest BCUT2D eigenvalue weighted by Crippen LogP contribution is 2.37. The highest BCUT2D eigenvalue weighted by Gasteiger charge is 2.04. The number of benzene rings is 3. The average molecular weight is 304 g/mol. The van der Waals surface area contributed by atoms with Crippen LogP contribution in [0.4, 0.5) is 0 Å². The molecule has 0 saturated heterocycles. The first-order valence-electron chi connectivity index (χ1n) is 5.56. The minimum absolute atomic E-state index is 1.32. The largest absolute Gasteiger partial charge is 0.0676 e. The van der Waals surface area contributed by atoms with Crippen molar-refractivity contribution in [1.29, 1.82) is 0 Å². The standard InChI is InChI=1S/C14H8S4/c1-2-4-10-9(3-1)5-6-12-11(10)7-8-13-14(12)16-18-17-15-13/h1-8H. The molecule has 4 rings (SSSR count). The molecule has 88 valence electrons. The van der Waals surface area contributed by atoms with Crippen LogP contribution in [0.2, 0.25) is 0 Å². The number of rotatable bonds is 0. The van der Waals surface area contributed by atoms with Gasteiger partial charge < -0.3 is 0 Å². The molecule has 0 amide bonds. The summed E-state index contributed by atoms with van der Waals surface area (Å²) in [7, 11) is 7.45. The van der Waals surface area contributed by atoms with Gasteiger partial charge in [0.1, 0.15) is 0 Å². The van der Waals surface area contributed by atoms with Crippen LogP contribution in [0, 0.1) is 0 Å². The summed E-state index contributed by atoms with van der Waals surface area (Å²) in [4.78, 5) is 0. The molecular formula is C14H8S4. The molecule has 0 bridgehead atoms. The Hall–Kier alpha value is -0.940. The zero-order valence-electron chi connectivity index (χ0n) is 9.25. The first kappa shape index (κ1) is 10.9. The van der Waals surface area contributed by atoms with Gasteiger partial charge in [-0.25, -0.2) is 0 Å². The van der Waals surface area contributed by atoms with E-state index in [1.54, 1.807) is 0 Å². The highest BCUT2D eigenvalue weighted by atomic mass is 33.4. The Bertz CT molecular complexity index is 811. The number of hydrogen-bond donors (Lipinski definition) is 0. The van der Waals surface area contributed by atoms with E-state index < -0.39 is 0 Å². The Morgan fingerprint density at radius 1 is 0.611 bits per heavy atom. The molecule has 0 radical (unpaired) electrons. The van der Waals surface area contributed by atoms with Crippen LogP contribution in [0.15, 0.2) is 48.5 Å². The summed E-state index contributed by atoms with van der Waals surface area (Å²) in [6.45, 7) is 0. The lowest BCUT2D eigenvalue weighted by atomic mass is 10.0. The topological polar surface area (TPSA) is 0 Å². The zero-order chi connectivity index (χ0) is 11.9. The summed E-state index contributed by atoms with van der Waals surface area (Å²) in [6.07, 6.45) is 0. The van der Waals surface area contributed by atoms with Crippen LogP contribution < -0.4 is 0 Å². The molecule has 0 fully saturated rings. The first-order chi connectivity index (χ1) is 8.93. The fourth-order valence-corrected chi connectivity index (χ4v) is 8.60. The molecule has 0 unspecified atom stereocenters. The minimum atomic E-state index is 1.32. The molecule has 3 aromatic carbocycles. The molecular weight excluding hydrogens is 296 g/mol. The predicted octanol–water partition coefficient (Wildman–Crippen LogP) is 6.52. The first-order valence-corrected chi connectivity index (χ1v) is 10.4. The Morgan fingerprint density at radius 3 is 2.44 bits per heavy atom. The summed E-state index contributed by atoms with van der Waals surface area (Å²) >= 11 is 0. The Morgan fingerprint density at radius 2 is 1.44 bits per heavy atom. The third-order valence-corrected chi connectivity index (χ3v) is 9.39. The molecule has 0 aliphatic heterocycles. The molecule has 0 N–H and O–H groups in total. The van der Waals surface area contributed by atoms with E-state index in [1.807, 2.05) is 39.4 Å². The van der Waals surface area contributed by atoms with Crippen molar-refractivity contribution in [1.82, 2.24) is 0 Å². The van der Waals surface area contributed by atoms with Gasteiger partial charge in [0.15, 0.2) is 0 Å². The summed E-state index contributed by atoms with van der Waals surface area (Å²) in [5, 5.41) is 5.43. The molecule has 4 heteroatoms. The van der Waals surface area contributed by atoms with E-state index in [1.165, 1.54) is 30.9 Å². The van der Waals surface area contributed by atoms with E-state index >= 15 is 0 Å². The second-order valence-corrected chi connectivity index (χ2v) is 9.80. The van der Waals surface area contributed by atoms with Crippen LogP contribution in [-0.2, 0) is 0 Å². The minimum Gasteiger partial charge on any atom is -0.0676 e. The molecule has 4 aromatic rings. The quantitative estimate of drug-likeness (QED) is 0.256. The summed E-state index contributed by atoms with van der Waals surface area (Å²) in [5.41, 5.74) is 0. The molecule has 0 aliphatic rings. The maximum atomic E-state index is 2.26. The Labute approximate surface area is 118 Å². The Balaban J connectivity index is 2.31. The third kappa shape index (κ3) is 1.61. The fourth-order valence-electron chi connectivity index (χ4n) is 2.29. The average Bonchev–Trinajstić information content (AvgIpc) is 2.46. The number of fused-ring (bicyclic) bond motifs is 5. The van der Waals surface area contributed by atoms with Gasteiger partial charge in [0.05, 0.1) is 9.40 Å². The van der Waals surface area contributed by atoms with Gasteiger partial charge in [0, 0.05) is 5.39 Å². The monoisotopic (exact) mass is 304 g/mol. The molecule has 0 atom stereocenters. The second-order valence-electron chi connectivity index (χ2n) is 4.08.